The van der Waals surface area contributed by atoms with E-state index in [0.29, 0.717) is 30.3 Å². The number of carbonyl (C=O) groups is 1. The lowest BCUT2D eigenvalue weighted by atomic mass is 10.0. The monoisotopic (exact) mass is 604 g/mol. The van der Waals surface area contributed by atoms with E-state index in [4.69, 9.17) is 27.9 Å². The summed E-state index contributed by atoms with van der Waals surface area (Å²) in [5.74, 6) is 0.502. The van der Waals surface area contributed by atoms with E-state index in [0.717, 1.165) is 11.3 Å². The molecular weight excluding hydrogens is 567 g/mol. The number of nitrogens with zero attached hydrogens (tertiary/aromatic N) is 5. The predicted molar refractivity (Wildman–Crippen MR) is 170 cm³/mol. The molecular formula is C33H38ClFN6O2. The van der Waals surface area contributed by atoms with E-state index in [1.165, 1.54) is 6.07 Å². The normalized spacial score (nSPS) is 17.6. The molecule has 3 aromatic rings. The molecule has 1 amide bonds. The quantitative estimate of drug-likeness (QED) is 0.137. The van der Waals surface area contributed by atoms with E-state index in [1.807, 2.05) is 63.8 Å². The summed E-state index contributed by atoms with van der Waals surface area (Å²) < 4.78 is 20.6. The van der Waals surface area contributed by atoms with Crippen LogP contribution in [0.25, 0.3) is 16.2 Å². The number of piperazine rings is 1. The Labute approximate surface area is 258 Å². The fraction of sp³-hybridized carbons (Fsp3) is 0.394. The minimum Gasteiger partial charge on any atom is -0.444 e. The molecule has 0 saturated carbocycles. The number of hydrogen-bond acceptors (Lipinski definition) is 5. The van der Waals surface area contributed by atoms with Crippen LogP contribution in [0.1, 0.15) is 65.5 Å². The first-order valence-electron chi connectivity index (χ1n) is 14.3. The van der Waals surface area contributed by atoms with Crippen LogP contribution >= 0.6 is 11.6 Å². The number of para-hydroxylation sites is 1. The van der Waals surface area contributed by atoms with Crippen LogP contribution in [0.3, 0.4) is 0 Å². The lowest BCUT2D eigenvalue weighted by Gasteiger charge is -2.44. The van der Waals surface area contributed by atoms with Crippen molar-refractivity contribution in [3.63, 3.8) is 0 Å². The number of pyridine rings is 1. The van der Waals surface area contributed by atoms with Crippen molar-refractivity contribution in [3.05, 3.63) is 88.1 Å². The van der Waals surface area contributed by atoms with Crippen molar-refractivity contribution in [2.24, 2.45) is 5.10 Å². The van der Waals surface area contributed by atoms with Gasteiger partial charge >= 0.3 is 6.09 Å². The third-order valence-electron chi connectivity index (χ3n) is 7.21. The van der Waals surface area contributed by atoms with Crippen molar-refractivity contribution < 1.29 is 13.9 Å². The summed E-state index contributed by atoms with van der Waals surface area (Å²) in [4.78, 5) is 24.9. The van der Waals surface area contributed by atoms with Crippen molar-refractivity contribution in [1.29, 1.82) is 0 Å². The molecule has 4 rings (SSSR count). The van der Waals surface area contributed by atoms with Crippen molar-refractivity contribution >= 4 is 35.0 Å². The first kappa shape index (κ1) is 31.8. The second kappa shape index (κ2) is 13.0. The summed E-state index contributed by atoms with van der Waals surface area (Å²) in [5.41, 5.74) is 2.29. The molecule has 226 valence electrons. The van der Waals surface area contributed by atoms with E-state index in [9.17, 15) is 9.18 Å². The topological polar surface area (TPSA) is 74.4 Å². The number of aromatic nitrogens is 1. The Hall–Kier alpha value is -4.16. The lowest BCUT2D eigenvalue weighted by molar-refractivity contribution is 0.000504. The second-order valence-electron chi connectivity index (χ2n) is 12.1. The van der Waals surface area contributed by atoms with Crippen LogP contribution in [0.4, 0.5) is 20.7 Å². The Kier molecular flexibility index (Phi) is 9.61. The van der Waals surface area contributed by atoms with Crippen molar-refractivity contribution in [1.82, 2.24) is 14.8 Å². The van der Waals surface area contributed by atoms with Crippen LogP contribution < -0.4 is 5.32 Å². The third-order valence-corrected chi connectivity index (χ3v) is 7.50. The van der Waals surface area contributed by atoms with E-state index in [1.54, 1.807) is 29.2 Å². The zero-order chi connectivity index (χ0) is 31.5. The summed E-state index contributed by atoms with van der Waals surface area (Å²) in [6, 6.07) is 15.4. The van der Waals surface area contributed by atoms with Gasteiger partial charge in [0.25, 0.3) is 0 Å². The SMILES string of the molecule is [C-]#[N+]N=C(c1cc(Cl)c(-c2ccccc2F)nc1Nc1ccccc1C(C)C)N1C[C@@H](C)N(C(=O)OC(C)(C)C)C[C@@H]1C. The minimum atomic E-state index is -0.622. The van der Waals surface area contributed by atoms with Crippen molar-refractivity contribution in [3.8, 4) is 11.3 Å². The van der Waals surface area contributed by atoms with Gasteiger partial charge in [-0.2, -0.15) is 6.57 Å². The molecule has 1 aromatic heterocycles. The van der Waals surface area contributed by atoms with Gasteiger partial charge in [-0.1, -0.05) is 55.8 Å². The van der Waals surface area contributed by atoms with Crippen molar-refractivity contribution in [2.45, 2.75) is 72.1 Å². The summed E-state index contributed by atoms with van der Waals surface area (Å²) in [6.07, 6.45) is -0.387. The van der Waals surface area contributed by atoms with Gasteiger partial charge in [0.1, 0.15) is 22.3 Å². The van der Waals surface area contributed by atoms with Gasteiger partial charge in [0, 0.05) is 36.4 Å². The van der Waals surface area contributed by atoms with E-state index >= 15 is 0 Å². The van der Waals surface area contributed by atoms with E-state index in [-0.39, 0.29) is 40.4 Å². The van der Waals surface area contributed by atoms with Crippen molar-refractivity contribution in [2.75, 3.05) is 18.4 Å². The summed E-state index contributed by atoms with van der Waals surface area (Å²) in [7, 11) is 0. The number of anilines is 2. The highest BCUT2D eigenvalue weighted by Crippen LogP contribution is 2.36. The molecule has 0 bridgehead atoms. The fourth-order valence-electron chi connectivity index (χ4n) is 5.15. The van der Waals surface area contributed by atoms with Gasteiger partial charge in [-0.05, 0) is 70.4 Å². The number of nitrogens with one attached hydrogen (secondary N) is 1. The Morgan fingerprint density at radius 1 is 1.12 bits per heavy atom. The number of hydrogen-bond donors (Lipinski definition) is 1. The number of amidine groups is 1. The number of benzene rings is 2. The van der Waals surface area contributed by atoms with Gasteiger partial charge in [0.05, 0.1) is 16.3 Å². The van der Waals surface area contributed by atoms with Crippen LogP contribution in [-0.4, -0.2) is 57.5 Å². The summed E-state index contributed by atoms with van der Waals surface area (Å²) in [5, 5.41) is 7.91. The molecule has 0 aliphatic carbocycles. The lowest BCUT2D eigenvalue weighted by Crippen LogP contribution is -2.60. The Bertz CT molecular complexity index is 1560. The number of rotatable bonds is 5. The molecule has 1 aliphatic heterocycles. The first-order valence-corrected chi connectivity index (χ1v) is 14.7. The van der Waals surface area contributed by atoms with Gasteiger partial charge in [-0.25, -0.2) is 14.2 Å². The van der Waals surface area contributed by atoms with Crippen LogP contribution in [0.15, 0.2) is 59.7 Å². The van der Waals surface area contributed by atoms with Gasteiger partial charge in [0.15, 0.2) is 0 Å². The Morgan fingerprint density at radius 3 is 2.40 bits per heavy atom. The highest BCUT2D eigenvalue weighted by Gasteiger charge is 2.38. The first-order chi connectivity index (χ1) is 20.3. The van der Waals surface area contributed by atoms with Crippen LogP contribution in [0.5, 0.6) is 0 Å². The maximum Gasteiger partial charge on any atom is 0.410 e. The van der Waals surface area contributed by atoms with E-state index < -0.39 is 11.4 Å². The zero-order valence-electron chi connectivity index (χ0n) is 25.7. The number of ether oxygens (including phenoxy) is 1. The molecule has 2 atom stereocenters. The molecule has 43 heavy (non-hydrogen) atoms. The van der Waals surface area contributed by atoms with Gasteiger partial charge in [-0.15, -0.1) is 4.95 Å². The second-order valence-corrected chi connectivity index (χ2v) is 12.5. The number of carbonyl (C=O) groups excluding carboxylic acids is 1. The van der Waals surface area contributed by atoms with E-state index in [2.05, 4.69) is 29.2 Å². The average molecular weight is 605 g/mol. The highest BCUT2D eigenvalue weighted by atomic mass is 35.5. The molecule has 0 spiro atoms. The number of halogens is 2. The molecule has 1 N–H and O–H groups in total. The van der Waals surface area contributed by atoms with Gasteiger partial charge in [-0.3, -0.25) is 0 Å². The van der Waals surface area contributed by atoms with Gasteiger partial charge in [0.2, 0.25) is 5.84 Å². The Morgan fingerprint density at radius 2 is 1.74 bits per heavy atom. The Balaban J connectivity index is 1.82. The average Bonchev–Trinajstić information content (AvgIpc) is 2.93. The maximum atomic E-state index is 14.9. The third kappa shape index (κ3) is 7.26. The zero-order valence-corrected chi connectivity index (χ0v) is 26.4. The molecule has 1 aliphatic rings. The molecule has 2 heterocycles. The maximum absolute atomic E-state index is 14.9. The molecule has 10 heteroatoms. The van der Waals surface area contributed by atoms with Crippen LogP contribution in [0, 0.1) is 12.4 Å². The highest BCUT2D eigenvalue weighted by molar-refractivity contribution is 6.33. The fourth-order valence-corrected chi connectivity index (χ4v) is 5.40. The largest absolute Gasteiger partial charge is 0.444 e. The smallest absolute Gasteiger partial charge is 0.410 e. The van der Waals surface area contributed by atoms with Crippen LogP contribution in [-0.2, 0) is 4.74 Å². The summed E-state index contributed by atoms with van der Waals surface area (Å²) >= 11 is 6.79. The van der Waals surface area contributed by atoms with Crippen LogP contribution in [0.2, 0.25) is 5.02 Å². The molecule has 1 fully saturated rings. The predicted octanol–water partition coefficient (Wildman–Crippen LogP) is 8.32. The summed E-state index contributed by atoms with van der Waals surface area (Å²) in [6.45, 7) is 22.0. The molecule has 2 aromatic carbocycles. The molecule has 0 unspecified atom stereocenters. The van der Waals surface area contributed by atoms with Gasteiger partial charge < -0.3 is 19.9 Å². The molecule has 1 saturated heterocycles. The molecule has 0 radical (unpaired) electrons. The molecule has 8 nitrogen and oxygen atoms in total. The standard InChI is InChI=1S/C33H38ClFN6O2/c1-20(2)23-13-10-12-16-28(23)37-30-25(17-26(34)29(38-30)24-14-9-11-15-27(24)35)31(39-36-8)40-18-22(4)41(19-21(40)3)32(42)43-33(5,6)7/h9-17,20-22H,18-19H2,1-7H3,(H,37,38)/t21-,22+/m0/s1. The number of amides is 1. The minimum absolute atomic E-state index is 0.212.